The van der Waals surface area contributed by atoms with Crippen molar-refractivity contribution in [1.82, 2.24) is 0 Å². The van der Waals surface area contributed by atoms with Crippen LogP contribution in [0.1, 0.15) is 15.9 Å². The lowest BCUT2D eigenvalue weighted by molar-refractivity contribution is 0.102. The summed E-state index contributed by atoms with van der Waals surface area (Å²) in [4.78, 5) is 12.5. The SMILES string of the molecule is O=C(Nc1ccc(OCc2cccc(Br)c2F)c(F)c1)c1ccc(-c2ccc(O)cc2)cc1. The second-order valence-corrected chi connectivity index (χ2v) is 8.08. The van der Waals surface area contributed by atoms with Gasteiger partial charge in [0.2, 0.25) is 0 Å². The first kappa shape index (κ1) is 22.5. The Morgan fingerprint density at radius 1 is 0.909 bits per heavy atom. The van der Waals surface area contributed by atoms with Gasteiger partial charge in [-0.05, 0) is 69.5 Å². The molecule has 4 rings (SSSR count). The molecule has 0 saturated heterocycles. The van der Waals surface area contributed by atoms with Crippen molar-refractivity contribution in [2.24, 2.45) is 0 Å². The standard InChI is InChI=1S/C26H18BrF2NO3/c27-22-3-1-2-19(25(22)29)15-33-24-13-10-20(14-23(24)28)30-26(32)18-6-4-16(5-7-18)17-8-11-21(31)12-9-17/h1-14,31H,15H2,(H,30,32). The van der Waals surface area contributed by atoms with E-state index in [1.807, 2.05) is 0 Å². The molecule has 0 aliphatic heterocycles. The van der Waals surface area contributed by atoms with E-state index < -0.39 is 17.5 Å². The van der Waals surface area contributed by atoms with Gasteiger partial charge in [0.15, 0.2) is 11.6 Å². The minimum Gasteiger partial charge on any atom is -0.508 e. The fraction of sp³-hybridized carbons (Fsp3) is 0.0385. The Hall–Kier alpha value is -3.71. The molecule has 0 aromatic heterocycles. The third-order valence-corrected chi connectivity index (χ3v) is 5.56. The molecule has 0 spiro atoms. The second-order valence-electron chi connectivity index (χ2n) is 7.23. The van der Waals surface area contributed by atoms with E-state index in [1.165, 1.54) is 12.1 Å². The van der Waals surface area contributed by atoms with E-state index in [9.17, 15) is 18.7 Å². The molecule has 166 valence electrons. The Kier molecular flexibility index (Phi) is 6.70. The number of carbonyl (C=O) groups is 1. The molecule has 4 nitrogen and oxygen atoms in total. The summed E-state index contributed by atoms with van der Waals surface area (Å²) in [6, 6.07) is 22.5. The topological polar surface area (TPSA) is 58.6 Å². The molecule has 1 amide bonds. The van der Waals surface area contributed by atoms with Gasteiger partial charge in [0.1, 0.15) is 18.2 Å². The van der Waals surface area contributed by atoms with Crippen molar-refractivity contribution < 1.29 is 23.4 Å². The molecule has 0 saturated carbocycles. The van der Waals surface area contributed by atoms with Crippen molar-refractivity contribution >= 4 is 27.5 Å². The van der Waals surface area contributed by atoms with E-state index in [0.717, 1.165) is 17.2 Å². The van der Waals surface area contributed by atoms with Crippen molar-refractivity contribution in [3.8, 4) is 22.6 Å². The molecule has 4 aromatic carbocycles. The van der Waals surface area contributed by atoms with Crippen LogP contribution in [0.4, 0.5) is 14.5 Å². The summed E-state index contributed by atoms with van der Waals surface area (Å²) in [5.41, 5.74) is 2.75. The number of halogens is 3. The smallest absolute Gasteiger partial charge is 0.255 e. The summed E-state index contributed by atoms with van der Waals surface area (Å²) in [5, 5.41) is 12.0. The number of nitrogens with one attached hydrogen (secondary N) is 1. The van der Waals surface area contributed by atoms with E-state index in [0.29, 0.717) is 10.0 Å². The molecule has 0 atom stereocenters. The Morgan fingerprint density at radius 2 is 1.58 bits per heavy atom. The number of benzene rings is 4. The lowest BCUT2D eigenvalue weighted by atomic mass is 10.0. The normalized spacial score (nSPS) is 10.6. The van der Waals surface area contributed by atoms with Gasteiger partial charge in [-0.3, -0.25) is 4.79 Å². The maximum Gasteiger partial charge on any atom is 0.255 e. The predicted octanol–water partition coefficient (Wildman–Crippen LogP) is 6.93. The van der Waals surface area contributed by atoms with Crippen molar-refractivity contribution in [3.63, 3.8) is 0 Å². The first-order valence-electron chi connectivity index (χ1n) is 9.97. The molecule has 33 heavy (non-hydrogen) atoms. The number of hydrogen-bond acceptors (Lipinski definition) is 3. The summed E-state index contributed by atoms with van der Waals surface area (Å²) in [5.74, 6) is -1.40. The van der Waals surface area contributed by atoms with Gasteiger partial charge in [-0.1, -0.05) is 36.4 Å². The van der Waals surface area contributed by atoms with Crippen molar-refractivity contribution in [2.75, 3.05) is 5.32 Å². The number of aromatic hydroxyl groups is 1. The number of anilines is 1. The van der Waals surface area contributed by atoms with E-state index in [1.54, 1.807) is 66.7 Å². The second kappa shape index (κ2) is 9.83. The molecule has 0 aliphatic carbocycles. The molecule has 4 aromatic rings. The number of ether oxygens (including phenoxy) is 1. The maximum absolute atomic E-state index is 14.5. The van der Waals surface area contributed by atoms with Crippen LogP contribution in [-0.4, -0.2) is 11.0 Å². The molecule has 0 fully saturated rings. The number of carbonyl (C=O) groups excluding carboxylic acids is 1. The molecule has 0 aliphatic rings. The molecular formula is C26H18BrF2NO3. The molecule has 0 bridgehead atoms. The molecular weight excluding hydrogens is 492 g/mol. The zero-order chi connectivity index (χ0) is 23.4. The highest BCUT2D eigenvalue weighted by atomic mass is 79.9. The van der Waals surface area contributed by atoms with E-state index in [-0.39, 0.29) is 29.4 Å². The summed E-state index contributed by atoms with van der Waals surface area (Å²) in [7, 11) is 0. The van der Waals surface area contributed by atoms with Gasteiger partial charge in [0, 0.05) is 22.9 Å². The molecule has 2 N–H and O–H groups in total. The van der Waals surface area contributed by atoms with E-state index in [4.69, 9.17) is 4.74 Å². The summed E-state index contributed by atoms with van der Waals surface area (Å²) < 4.78 is 34.2. The van der Waals surface area contributed by atoms with Crippen molar-refractivity contribution in [1.29, 1.82) is 0 Å². The highest BCUT2D eigenvalue weighted by Gasteiger charge is 2.12. The van der Waals surface area contributed by atoms with Gasteiger partial charge in [0.25, 0.3) is 5.91 Å². The molecule has 0 radical (unpaired) electrons. The van der Waals surface area contributed by atoms with Crippen LogP contribution in [0.3, 0.4) is 0 Å². The summed E-state index contributed by atoms with van der Waals surface area (Å²) in [6.07, 6.45) is 0. The van der Waals surface area contributed by atoms with Crippen LogP contribution >= 0.6 is 15.9 Å². The Labute approximate surface area is 197 Å². The minimum atomic E-state index is -0.675. The van der Waals surface area contributed by atoms with Gasteiger partial charge in [0.05, 0.1) is 4.47 Å². The Balaban J connectivity index is 1.40. The average molecular weight is 510 g/mol. The molecule has 7 heteroatoms. The monoisotopic (exact) mass is 509 g/mol. The molecule has 0 unspecified atom stereocenters. The van der Waals surface area contributed by atoms with Gasteiger partial charge in [-0.25, -0.2) is 8.78 Å². The minimum absolute atomic E-state index is 0.0503. The highest BCUT2D eigenvalue weighted by molar-refractivity contribution is 9.10. The lowest BCUT2D eigenvalue weighted by Gasteiger charge is -2.11. The van der Waals surface area contributed by atoms with Gasteiger partial charge in [-0.15, -0.1) is 0 Å². The fourth-order valence-corrected chi connectivity index (χ4v) is 3.59. The van der Waals surface area contributed by atoms with Crippen molar-refractivity contribution in [3.05, 3.63) is 112 Å². The quantitative estimate of drug-likeness (QED) is 0.296. The number of amides is 1. The summed E-state index contributed by atoms with van der Waals surface area (Å²) >= 11 is 3.10. The third-order valence-electron chi connectivity index (χ3n) is 4.95. The summed E-state index contributed by atoms with van der Waals surface area (Å²) in [6.45, 7) is -0.138. The van der Waals surface area contributed by atoms with E-state index >= 15 is 0 Å². The number of phenolic OH excluding ortho intramolecular Hbond substituents is 1. The largest absolute Gasteiger partial charge is 0.508 e. The van der Waals surface area contributed by atoms with Crippen LogP contribution in [0.2, 0.25) is 0 Å². The van der Waals surface area contributed by atoms with Crippen LogP contribution in [-0.2, 0) is 6.61 Å². The first-order valence-corrected chi connectivity index (χ1v) is 10.8. The van der Waals surface area contributed by atoms with Crippen molar-refractivity contribution in [2.45, 2.75) is 6.61 Å². The fourth-order valence-electron chi connectivity index (χ4n) is 3.18. The van der Waals surface area contributed by atoms with Crippen LogP contribution < -0.4 is 10.1 Å². The lowest BCUT2D eigenvalue weighted by Crippen LogP contribution is -2.12. The Bertz CT molecular complexity index is 1290. The predicted molar refractivity (Wildman–Crippen MR) is 126 cm³/mol. The zero-order valence-electron chi connectivity index (χ0n) is 17.2. The van der Waals surface area contributed by atoms with Crippen LogP contribution in [0, 0.1) is 11.6 Å². The van der Waals surface area contributed by atoms with Gasteiger partial charge in [-0.2, -0.15) is 0 Å². The van der Waals surface area contributed by atoms with Crippen LogP contribution in [0.5, 0.6) is 11.5 Å². The van der Waals surface area contributed by atoms with Crippen LogP contribution in [0.15, 0.2) is 89.4 Å². The van der Waals surface area contributed by atoms with Crippen LogP contribution in [0.25, 0.3) is 11.1 Å². The number of hydrogen-bond donors (Lipinski definition) is 2. The van der Waals surface area contributed by atoms with Gasteiger partial charge >= 0.3 is 0 Å². The number of rotatable bonds is 6. The number of phenols is 1. The maximum atomic E-state index is 14.5. The Morgan fingerprint density at radius 3 is 2.24 bits per heavy atom. The van der Waals surface area contributed by atoms with E-state index in [2.05, 4.69) is 21.2 Å². The zero-order valence-corrected chi connectivity index (χ0v) is 18.8. The average Bonchev–Trinajstić information content (AvgIpc) is 2.81. The highest BCUT2D eigenvalue weighted by Crippen LogP contribution is 2.26. The molecule has 0 heterocycles. The first-order chi connectivity index (χ1) is 15.9. The van der Waals surface area contributed by atoms with Gasteiger partial charge < -0.3 is 15.2 Å². The third kappa shape index (κ3) is 5.38.